The number of rotatable bonds is 5. The molecular formula is C9H12N4O5. The van der Waals surface area contributed by atoms with E-state index in [1.807, 2.05) is 4.98 Å². The van der Waals surface area contributed by atoms with Crippen molar-refractivity contribution in [3.63, 3.8) is 0 Å². The lowest BCUT2D eigenvalue weighted by atomic mass is 10.2. The molecule has 0 spiro atoms. The molecular weight excluding hydrogens is 244 g/mol. The average molecular weight is 256 g/mol. The molecule has 0 atom stereocenters. The summed E-state index contributed by atoms with van der Waals surface area (Å²) in [5.41, 5.74) is -0.0162. The summed E-state index contributed by atoms with van der Waals surface area (Å²) >= 11 is 0. The standard InChI is InChI=1S/C9H12N4O5/c14-6(2-1-3-7(15)13-18)11-5-4-10-9(17)12-8(5)16/h4,18H,1-3H2,(H,11,14)(H,13,15)(H2,10,12,16,17). The van der Waals surface area contributed by atoms with Crippen LogP contribution in [0.25, 0.3) is 0 Å². The first-order chi connectivity index (χ1) is 8.52. The van der Waals surface area contributed by atoms with Gasteiger partial charge in [0.05, 0.1) is 0 Å². The number of hydroxylamine groups is 1. The van der Waals surface area contributed by atoms with Crippen LogP contribution >= 0.6 is 0 Å². The van der Waals surface area contributed by atoms with Crippen molar-refractivity contribution in [2.75, 3.05) is 5.32 Å². The van der Waals surface area contributed by atoms with Crippen LogP contribution in [-0.2, 0) is 9.59 Å². The molecule has 0 bridgehead atoms. The quantitative estimate of drug-likeness (QED) is 0.327. The minimum absolute atomic E-state index is 0.00594. The highest BCUT2D eigenvalue weighted by molar-refractivity contribution is 5.90. The Morgan fingerprint density at radius 1 is 1.22 bits per heavy atom. The normalized spacial score (nSPS) is 9.83. The van der Waals surface area contributed by atoms with Gasteiger partial charge in [0, 0.05) is 19.0 Å². The van der Waals surface area contributed by atoms with Crippen LogP contribution in [0.1, 0.15) is 19.3 Å². The lowest BCUT2D eigenvalue weighted by Gasteiger charge is -2.03. The lowest BCUT2D eigenvalue weighted by Crippen LogP contribution is -2.26. The predicted molar refractivity (Wildman–Crippen MR) is 60.1 cm³/mol. The van der Waals surface area contributed by atoms with Crippen LogP contribution in [0.2, 0.25) is 0 Å². The zero-order valence-electron chi connectivity index (χ0n) is 9.28. The molecule has 0 radical (unpaired) electrons. The molecule has 0 aromatic carbocycles. The van der Waals surface area contributed by atoms with Crippen molar-refractivity contribution in [1.82, 2.24) is 15.4 Å². The first-order valence-corrected chi connectivity index (χ1v) is 5.07. The van der Waals surface area contributed by atoms with E-state index in [9.17, 15) is 19.2 Å². The maximum Gasteiger partial charge on any atom is 0.325 e. The third-order valence-electron chi connectivity index (χ3n) is 2.03. The molecule has 0 saturated carbocycles. The van der Waals surface area contributed by atoms with Gasteiger partial charge in [-0.2, -0.15) is 0 Å². The average Bonchev–Trinajstić information content (AvgIpc) is 2.32. The highest BCUT2D eigenvalue weighted by atomic mass is 16.5. The van der Waals surface area contributed by atoms with E-state index in [-0.39, 0.29) is 24.9 Å². The van der Waals surface area contributed by atoms with E-state index in [0.29, 0.717) is 0 Å². The predicted octanol–water partition coefficient (Wildman–Crippen LogP) is -1.32. The van der Waals surface area contributed by atoms with Crippen LogP contribution in [0.4, 0.5) is 5.69 Å². The number of hydrogen-bond acceptors (Lipinski definition) is 5. The number of aromatic amines is 2. The molecule has 9 nitrogen and oxygen atoms in total. The largest absolute Gasteiger partial charge is 0.325 e. The fourth-order valence-corrected chi connectivity index (χ4v) is 1.18. The van der Waals surface area contributed by atoms with Gasteiger partial charge in [-0.1, -0.05) is 0 Å². The van der Waals surface area contributed by atoms with E-state index in [0.717, 1.165) is 6.20 Å². The number of carbonyl (C=O) groups excluding carboxylic acids is 2. The van der Waals surface area contributed by atoms with Gasteiger partial charge in [0.25, 0.3) is 5.56 Å². The van der Waals surface area contributed by atoms with Gasteiger partial charge in [-0.05, 0) is 6.42 Å². The molecule has 18 heavy (non-hydrogen) atoms. The zero-order chi connectivity index (χ0) is 13.5. The van der Waals surface area contributed by atoms with Gasteiger partial charge in [0.15, 0.2) is 0 Å². The van der Waals surface area contributed by atoms with E-state index >= 15 is 0 Å². The van der Waals surface area contributed by atoms with Gasteiger partial charge in [-0.3, -0.25) is 24.6 Å². The molecule has 0 aliphatic rings. The Morgan fingerprint density at radius 2 is 1.89 bits per heavy atom. The first kappa shape index (κ1) is 13.6. The van der Waals surface area contributed by atoms with Gasteiger partial charge in [0.2, 0.25) is 11.8 Å². The number of H-pyrrole nitrogens is 2. The molecule has 2 amide bonds. The van der Waals surface area contributed by atoms with Crippen LogP contribution in [0, 0.1) is 0 Å². The van der Waals surface area contributed by atoms with Gasteiger partial charge < -0.3 is 10.3 Å². The van der Waals surface area contributed by atoms with Crippen LogP contribution in [0.5, 0.6) is 0 Å². The second kappa shape index (κ2) is 6.35. The van der Waals surface area contributed by atoms with Crippen molar-refractivity contribution < 1.29 is 14.8 Å². The molecule has 1 rings (SSSR count). The summed E-state index contributed by atoms with van der Waals surface area (Å²) in [6.45, 7) is 0. The summed E-state index contributed by atoms with van der Waals surface area (Å²) in [4.78, 5) is 48.1. The van der Waals surface area contributed by atoms with Crippen LogP contribution in [0.3, 0.4) is 0 Å². The topological polar surface area (TPSA) is 144 Å². The van der Waals surface area contributed by atoms with E-state index < -0.39 is 23.1 Å². The van der Waals surface area contributed by atoms with Crippen LogP contribution in [0.15, 0.2) is 15.8 Å². The monoisotopic (exact) mass is 256 g/mol. The Morgan fingerprint density at radius 3 is 2.50 bits per heavy atom. The molecule has 0 aliphatic carbocycles. The highest BCUT2D eigenvalue weighted by Gasteiger charge is 2.07. The first-order valence-electron chi connectivity index (χ1n) is 5.07. The fourth-order valence-electron chi connectivity index (χ4n) is 1.18. The molecule has 1 aromatic rings. The van der Waals surface area contributed by atoms with Crippen LogP contribution in [-0.4, -0.2) is 27.0 Å². The Balaban J connectivity index is 2.47. The van der Waals surface area contributed by atoms with Gasteiger partial charge in [-0.15, -0.1) is 0 Å². The van der Waals surface area contributed by atoms with E-state index in [4.69, 9.17) is 5.21 Å². The summed E-state index contributed by atoms with van der Waals surface area (Å²) in [5.74, 6) is -1.07. The van der Waals surface area contributed by atoms with Crippen molar-refractivity contribution in [1.29, 1.82) is 0 Å². The number of amides is 2. The molecule has 9 heteroatoms. The summed E-state index contributed by atoms with van der Waals surface area (Å²) in [7, 11) is 0. The molecule has 5 N–H and O–H groups in total. The van der Waals surface area contributed by atoms with Crippen LogP contribution < -0.4 is 22.0 Å². The third kappa shape index (κ3) is 4.22. The molecule has 1 aromatic heterocycles. The van der Waals surface area contributed by atoms with E-state index in [1.165, 1.54) is 5.48 Å². The number of anilines is 1. The third-order valence-corrected chi connectivity index (χ3v) is 2.03. The Bertz CT molecular complexity index is 546. The maximum atomic E-state index is 11.4. The summed E-state index contributed by atoms with van der Waals surface area (Å²) in [5, 5.41) is 10.5. The SMILES string of the molecule is O=C(CCCC(=O)Nc1c[nH]c(=O)[nH]c1=O)NO. The Kier molecular flexibility index (Phi) is 4.81. The Labute approximate surface area is 100 Å². The van der Waals surface area contributed by atoms with E-state index in [2.05, 4.69) is 10.3 Å². The fraction of sp³-hybridized carbons (Fsp3) is 0.333. The van der Waals surface area contributed by atoms with Crippen molar-refractivity contribution >= 4 is 17.5 Å². The second-order valence-corrected chi connectivity index (χ2v) is 3.42. The minimum atomic E-state index is -0.708. The minimum Gasteiger partial charge on any atom is -0.320 e. The molecule has 0 saturated heterocycles. The van der Waals surface area contributed by atoms with Gasteiger partial charge in [-0.25, -0.2) is 10.3 Å². The number of hydrogen-bond donors (Lipinski definition) is 5. The molecule has 0 aliphatic heterocycles. The highest BCUT2D eigenvalue weighted by Crippen LogP contribution is 1.99. The number of nitrogens with one attached hydrogen (secondary N) is 4. The maximum absolute atomic E-state index is 11.4. The van der Waals surface area contributed by atoms with Crippen molar-refractivity contribution in [2.45, 2.75) is 19.3 Å². The second-order valence-electron chi connectivity index (χ2n) is 3.42. The Hall–Kier alpha value is -2.42. The number of aromatic nitrogens is 2. The molecule has 98 valence electrons. The van der Waals surface area contributed by atoms with Gasteiger partial charge >= 0.3 is 5.69 Å². The lowest BCUT2D eigenvalue weighted by molar-refractivity contribution is -0.129. The van der Waals surface area contributed by atoms with Crippen molar-refractivity contribution in [2.24, 2.45) is 0 Å². The van der Waals surface area contributed by atoms with E-state index in [1.54, 1.807) is 0 Å². The van der Waals surface area contributed by atoms with Gasteiger partial charge in [0.1, 0.15) is 5.69 Å². The summed E-state index contributed by atoms with van der Waals surface area (Å²) in [6.07, 6.45) is 1.30. The van der Waals surface area contributed by atoms with Crippen molar-refractivity contribution in [3.8, 4) is 0 Å². The summed E-state index contributed by atoms with van der Waals surface area (Å²) < 4.78 is 0. The number of carbonyl (C=O) groups is 2. The van der Waals surface area contributed by atoms with Crippen molar-refractivity contribution in [3.05, 3.63) is 27.0 Å². The molecule has 0 unspecified atom stereocenters. The summed E-state index contributed by atoms with van der Waals surface area (Å²) in [6, 6.07) is 0. The molecule has 1 heterocycles. The molecule has 0 fully saturated rings. The smallest absolute Gasteiger partial charge is 0.320 e. The zero-order valence-corrected chi connectivity index (χ0v) is 9.28.